The number of ether oxygens (including phenoxy) is 1. The number of hydrogen-bond acceptors (Lipinski definition) is 4. The van der Waals surface area contributed by atoms with E-state index in [1.54, 1.807) is 6.92 Å². The maximum Gasteiger partial charge on any atom is 0.316 e. The Bertz CT molecular complexity index is 500. The zero-order valence-corrected chi connectivity index (χ0v) is 12.9. The zero-order chi connectivity index (χ0) is 15.4. The fraction of sp³-hybridized carbons (Fsp3) is 0.529. The molecule has 1 saturated heterocycles. The summed E-state index contributed by atoms with van der Waals surface area (Å²) in [6.07, 6.45) is 0.537. The molecular weight excluding hydrogens is 266 g/mol. The van der Waals surface area contributed by atoms with Crippen molar-refractivity contribution in [3.8, 4) is 0 Å². The molecule has 1 unspecified atom stereocenters. The monoisotopic (exact) mass is 289 g/mol. The van der Waals surface area contributed by atoms with Crippen molar-refractivity contribution in [1.29, 1.82) is 0 Å². The van der Waals surface area contributed by atoms with E-state index in [4.69, 9.17) is 4.74 Å². The molecule has 2 rings (SSSR count). The normalized spacial score (nSPS) is 24.6. The number of nitrogens with zero attached hydrogens (tertiary/aromatic N) is 1. The van der Waals surface area contributed by atoms with Crippen molar-refractivity contribution in [1.82, 2.24) is 4.90 Å². The van der Waals surface area contributed by atoms with E-state index in [0.717, 1.165) is 0 Å². The summed E-state index contributed by atoms with van der Waals surface area (Å²) in [6.45, 7) is 6.56. The van der Waals surface area contributed by atoms with Crippen molar-refractivity contribution < 1.29 is 14.3 Å². The summed E-state index contributed by atoms with van der Waals surface area (Å²) in [4.78, 5) is 26.3. The number of ketones is 1. The van der Waals surface area contributed by atoms with Crippen molar-refractivity contribution in [2.75, 3.05) is 13.2 Å². The second-order valence-corrected chi connectivity index (χ2v) is 5.61. The van der Waals surface area contributed by atoms with Gasteiger partial charge in [0.1, 0.15) is 5.92 Å². The highest BCUT2D eigenvalue weighted by atomic mass is 16.5. The van der Waals surface area contributed by atoms with Crippen molar-refractivity contribution in [2.24, 2.45) is 5.92 Å². The van der Waals surface area contributed by atoms with Gasteiger partial charge >= 0.3 is 5.97 Å². The first-order valence-electron chi connectivity index (χ1n) is 7.54. The van der Waals surface area contributed by atoms with Gasteiger partial charge in [-0.15, -0.1) is 0 Å². The minimum absolute atomic E-state index is 0.0330. The fourth-order valence-electron chi connectivity index (χ4n) is 2.97. The largest absolute Gasteiger partial charge is 0.465 e. The van der Waals surface area contributed by atoms with Crippen LogP contribution in [0, 0.1) is 5.92 Å². The fourth-order valence-corrected chi connectivity index (χ4v) is 2.97. The Balaban J connectivity index is 2.08. The molecule has 0 bridgehead atoms. The number of piperidine rings is 1. The zero-order valence-electron chi connectivity index (χ0n) is 12.9. The molecule has 4 nitrogen and oxygen atoms in total. The van der Waals surface area contributed by atoms with E-state index in [1.807, 2.05) is 18.2 Å². The molecule has 4 heteroatoms. The van der Waals surface area contributed by atoms with Crippen molar-refractivity contribution in [3.05, 3.63) is 35.9 Å². The molecule has 0 amide bonds. The van der Waals surface area contributed by atoms with E-state index in [9.17, 15) is 9.59 Å². The van der Waals surface area contributed by atoms with Gasteiger partial charge in [-0.05, 0) is 32.8 Å². The first-order chi connectivity index (χ1) is 10.0. The molecule has 1 aliphatic rings. The molecule has 0 N–H and O–H groups in total. The molecular formula is C17H23NO3. The molecule has 0 aliphatic carbocycles. The predicted molar refractivity (Wildman–Crippen MR) is 80.8 cm³/mol. The third kappa shape index (κ3) is 3.50. The Morgan fingerprint density at radius 3 is 2.67 bits per heavy atom. The average molecular weight is 289 g/mol. The maximum absolute atomic E-state index is 12.3. The van der Waals surface area contributed by atoms with Crippen LogP contribution < -0.4 is 0 Å². The van der Waals surface area contributed by atoms with Gasteiger partial charge in [0.25, 0.3) is 0 Å². The maximum atomic E-state index is 12.3. The highest BCUT2D eigenvalue weighted by Gasteiger charge is 2.39. The Kier molecular flexibility index (Phi) is 5.12. The number of carbonyl (C=O) groups is 2. The third-order valence-corrected chi connectivity index (χ3v) is 4.22. The Labute approximate surface area is 126 Å². The van der Waals surface area contributed by atoms with E-state index in [2.05, 4.69) is 30.9 Å². The van der Waals surface area contributed by atoms with Crippen LogP contribution >= 0.6 is 0 Å². The molecule has 0 aromatic heterocycles. The number of carbonyl (C=O) groups excluding carboxylic acids is 2. The molecule has 0 saturated carbocycles. The molecule has 1 aromatic carbocycles. The summed E-state index contributed by atoms with van der Waals surface area (Å²) in [7, 11) is 0. The van der Waals surface area contributed by atoms with Gasteiger partial charge < -0.3 is 4.74 Å². The molecule has 21 heavy (non-hydrogen) atoms. The van der Waals surface area contributed by atoms with Gasteiger partial charge in [0.2, 0.25) is 0 Å². The molecule has 3 atom stereocenters. The Hall–Kier alpha value is -1.68. The lowest BCUT2D eigenvalue weighted by Crippen LogP contribution is -2.49. The van der Waals surface area contributed by atoms with E-state index in [1.165, 1.54) is 5.56 Å². The SMILES string of the molecule is CCOC(=O)C1C[C@H](C)N([C@@H](C)c2ccccc2)CC1=O. The van der Waals surface area contributed by atoms with Gasteiger partial charge in [-0.1, -0.05) is 30.3 Å². The van der Waals surface area contributed by atoms with Crippen LogP contribution in [0.3, 0.4) is 0 Å². The quantitative estimate of drug-likeness (QED) is 0.631. The third-order valence-electron chi connectivity index (χ3n) is 4.22. The summed E-state index contributed by atoms with van der Waals surface area (Å²) < 4.78 is 5.00. The highest BCUT2D eigenvalue weighted by molar-refractivity contribution is 6.00. The Morgan fingerprint density at radius 2 is 2.05 bits per heavy atom. The second kappa shape index (κ2) is 6.85. The van der Waals surface area contributed by atoms with E-state index < -0.39 is 5.92 Å². The van der Waals surface area contributed by atoms with Gasteiger partial charge in [-0.3, -0.25) is 14.5 Å². The molecule has 1 aliphatic heterocycles. The van der Waals surface area contributed by atoms with Gasteiger partial charge in [0.05, 0.1) is 13.2 Å². The molecule has 0 radical (unpaired) electrons. The molecule has 0 spiro atoms. The van der Waals surface area contributed by atoms with Crippen molar-refractivity contribution in [2.45, 2.75) is 39.3 Å². The lowest BCUT2D eigenvalue weighted by molar-refractivity contribution is -0.155. The summed E-state index contributed by atoms with van der Waals surface area (Å²) in [5.41, 5.74) is 1.19. The van der Waals surface area contributed by atoms with Crippen molar-refractivity contribution >= 4 is 11.8 Å². The number of benzene rings is 1. The standard InChI is InChI=1S/C17H23NO3/c1-4-21-17(20)15-10-12(2)18(11-16(15)19)13(3)14-8-6-5-7-9-14/h5-9,12-13,15H,4,10-11H2,1-3H3/t12-,13-,15?/m0/s1. The van der Waals surface area contributed by atoms with E-state index >= 15 is 0 Å². The highest BCUT2D eigenvalue weighted by Crippen LogP contribution is 2.29. The molecule has 1 aromatic rings. The lowest BCUT2D eigenvalue weighted by Gasteiger charge is -2.39. The summed E-state index contributed by atoms with van der Waals surface area (Å²) in [5.74, 6) is -1.00. The van der Waals surface area contributed by atoms with Crippen LogP contribution in [0.15, 0.2) is 30.3 Å². The lowest BCUT2D eigenvalue weighted by atomic mass is 9.88. The molecule has 1 fully saturated rings. The van der Waals surface area contributed by atoms with Crippen LogP contribution in [0.25, 0.3) is 0 Å². The van der Waals surface area contributed by atoms with Gasteiger partial charge in [-0.25, -0.2) is 0 Å². The first kappa shape index (κ1) is 15.7. The van der Waals surface area contributed by atoms with Crippen LogP contribution in [-0.2, 0) is 14.3 Å². The minimum Gasteiger partial charge on any atom is -0.465 e. The summed E-state index contributed by atoms with van der Waals surface area (Å²) >= 11 is 0. The van der Waals surface area contributed by atoms with Crippen LogP contribution in [0.1, 0.15) is 38.8 Å². The smallest absolute Gasteiger partial charge is 0.316 e. The van der Waals surface area contributed by atoms with Gasteiger partial charge in [0, 0.05) is 12.1 Å². The van der Waals surface area contributed by atoms with Crippen molar-refractivity contribution in [3.63, 3.8) is 0 Å². The van der Waals surface area contributed by atoms with E-state index in [-0.39, 0.29) is 23.8 Å². The summed E-state index contributed by atoms with van der Waals surface area (Å²) in [5, 5.41) is 0. The van der Waals surface area contributed by atoms with Gasteiger partial charge in [-0.2, -0.15) is 0 Å². The predicted octanol–water partition coefficient (Wildman–Crippen LogP) is 2.59. The summed E-state index contributed by atoms with van der Waals surface area (Å²) in [6, 6.07) is 10.5. The van der Waals surface area contributed by atoms with Crippen LogP contribution in [-0.4, -0.2) is 35.8 Å². The Morgan fingerprint density at radius 1 is 1.38 bits per heavy atom. The topological polar surface area (TPSA) is 46.6 Å². The second-order valence-electron chi connectivity index (χ2n) is 5.61. The average Bonchev–Trinajstić information content (AvgIpc) is 2.49. The molecule has 1 heterocycles. The molecule has 114 valence electrons. The number of esters is 1. The number of Topliss-reactive ketones (excluding diaryl/α,β-unsaturated/α-hetero) is 1. The van der Waals surface area contributed by atoms with Crippen LogP contribution in [0.5, 0.6) is 0 Å². The minimum atomic E-state index is -0.598. The van der Waals surface area contributed by atoms with Crippen LogP contribution in [0.2, 0.25) is 0 Å². The van der Waals surface area contributed by atoms with Crippen LogP contribution in [0.4, 0.5) is 0 Å². The first-order valence-corrected chi connectivity index (χ1v) is 7.54. The van der Waals surface area contributed by atoms with Gasteiger partial charge in [0.15, 0.2) is 5.78 Å². The number of likely N-dealkylation sites (tertiary alicyclic amines) is 1. The number of rotatable bonds is 4. The van der Waals surface area contributed by atoms with E-state index in [0.29, 0.717) is 19.6 Å². The number of hydrogen-bond donors (Lipinski definition) is 0.